The third-order valence-corrected chi connectivity index (χ3v) is 5.13. The Morgan fingerprint density at radius 3 is 1.67 bits per heavy atom. The fraction of sp³-hybridized carbons (Fsp3) is 0.905. The van der Waals surface area contributed by atoms with Gasteiger partial charge in [-0.05, 0) is 12.8 Å². The second-order valence-corrected chi connectivity index (χ2v) is 7.93. The van der Waals surface area contributed by atoms with Crippen LogP contribution in [0.1, 0.15) is 25.7 Å². The third-order valence-electron chi connectivity index (χ3n) is 5.13. The molecule has 2 atom stereocenters. The van der Waals surface area contributed by atoms with Crippen molar-refractivity contribution in [1.29, 1.82) is 0 Å². The molecule has 2 fully saturated rings. The predicted octanol–water partition coefficient (Wildman–Crippen LogP) is -1.07. The summed E-state index contributed by atoms with van der Waals surface area (Å²) in [7, 11) is 0. The summed E-state index contributed by atoms with van der Waals surface area (Å²) >= 11 is 0. The molecule has 2 heterocycles. The highest BCUT2D eigenvalue weighted by Crippen LogP contribution is 2.09. The molecule has 12 heteroatoms. The highest BCUT2D eigenvalue weighted by atomic mass is 17.2. The summed E-state index contributed by atoms with van der Waals surface area (Å²) < 4.78 is 21.1. The largest absolute Gasteiger partial charge is 0.388 e. The van der Waals surface area contributed by atoms with Crippen molar-refractivity contribution in [2.45, 2.75) is 37.9 Å². The highest BCUT2D eigenvalue weighted by molar-refractivity contribution is 5.78. The Labute approximate surface area is 194 Å². The molecule has 0 spiro atoms. The summed E-state index contributed by atoms with van der Waals surface area (Å²) in [5.41, 5.74) is 0. The molecule has 0 aromatic rings. The van der Waals surface area contributed by atoms with Crippen LogP contribution in [-0.2, 0) is 38.3 Å². The molecule has 33 heavy (non-hydrogen) atoms. The molecule has 0 aromatic carbocycles. The van der Waals surface area contributed by atoms with Crippen LogP contribution in [0.25, 0.3) is 0 Å². The van der Waals surface area contributed by atoms with Crippen molar-refractivity contribution in [2.24, 2.45) is 0 Å². The summed E-state index contributed by atoms with van der Waals surface area (Å²) in [6.07, 6.45) is 1.40. The summed E-state index contributed by atoms with van der Waals surface area (Å²) in [5, 5.41) is 19.5. The Balaban J connectivity index is 1.28. The fourth-order valence-electron chi connectivity index (χ4n) is 3.36. The number of aliphatic hydroxyl groups is 2. The van der Waals surface area contributed by atoms with Gasteiger partial charge in [-0.25, -0.2) is 9.78 Å². The lowest BCUT2D eigenvalue weighted by molar-refractivity contribution is -0.345. The third kappa shape index (κ3) is 12.6. The average Bonchev–Trinajstić information content (AvgIpc) is 3.40. The highest BCUT2D eigenvalue weighted by Gasteiger charge is 2.20. The molecule has 0 saturated carbocycles. The van der Waals surface area contributed by atoms with E-state index in [0.29, 0.717) is 39.1 Å². The Bertz CT molecular complexity index is 507. The van der Waals surface area contributed by atoms with Crippen LogP contribution in [0.2, 0.25) is 0 Å². The zero-order valence-electron chi connectivity index (χ0n) is 19.2. The van der Waals surface area contributed by atoms with Gasteiger partial charge in [-0.15, -0.1) is 0 Å². The number of hydrogen-bond donors (Lipinski definition) is 2. The van der Waals surface area contributed by atoms with Gasteiger partial charge in [-0.3, -0.25) is 9.59 Å². The number of nitrogens with zero attached hydrogens (tertiary/aromatic N) is 2. The number of carbonyl (C=O) groups is 2. The smallest absolute Gasteiger partial charge is 0.222 e. The minimum absolute atomic E-state index is 0.0688. The molecule has 12 nitrogen and oxygen atoms in total. The number of ether oxygens (including phenoxy) is 4. The van der Waals surface area contributed by atoms with Crippen LogP contribution >= 0.6 is 0 Å². The van der Waals surface area contributed by atoms with Crippen LogP contribution in [0.15, 0.2) is 0 Å². The average molecular weight is 479 g/mol. The molecule has 2 unspecified atom stereocenters. The number of amides is 2. The van der Waals surface area contributed by atoms with Crippen molar-refractivity contribution in [3.8, 4) is 0 Å². The second kappa shape index (κ2) is 17.1. The van der Waals surface area contributed by atoms with Crippen LogP contribution in [0.3, 0.4) is 0 Å². The van der Waals surface area contributed by atoms with Gasteiger partial charge in [0, 0.05) is 39.0 Å². The Morgan fingerprint density at radius 2 is 1.15 bits per heavy atom. The molecule has 192 valence electrons. The summed E-state index contributed by atoms with van der Waals surface area (Å²) in [5.74, 6) is 0.305. The summed E-state index contributed by atoms with van der Waals surface area (Å²) in [4.78, 5) is 36.1. The Kier molecular flexibility index (Phi) is 14.4. The van der Waals surface area contributed by atoms with E-state index in [-0.39, 0.29) is 58.2 Å². The van der Waals surface area contributed by atoms with Crippen LogP contribution in [0.4, 0.5) is 0 Å². The van der Waals surface area contributed by atoms with Gasteiger partial charge in [0.05, 0.1) is 46.2 Å². The van der Waals surface area contributed by atoms with Gasteiger partial charge in [0.1, 0.15) is 18.8 Å². The van der Waals surface area contributed by atoms with Crippen LogP contribution in [0, 0.1) is 0 Å². The van der Waals surface area contributed by atoms with Crippen LogP contribution < -0.4 is 0 Å². The van der Waals surface area contributed by atoms with Crippen molar-refractivity contribution in [3.05, 3.63) is 0 Å². The first-order valence-corrected chi connectivity index (χ1v) is 11.5. The van der Waals surface area contributed by atoms with Crippen molar-refractivity contribution in [1.82, 2.24) is 9.80 Å². The summed E-state index contributed by atoms with van der Waals surface area (Å²) in [6.45, 7) is 4.04. The zero-order valence-corrected chi connectivity index (χ0v) is 19.2. The maximum atomic E-state index is 11.5. The first kappa shape index (κ1) is 27.9. The first-order chi connectivity index (χ1) is 16.1. The lowest BCUT2D eigenvalue weighted by atomic mass is 10.4. The van der Waals surface area contributed by atoms with Crippen molar-refractivity contribution >= 4 is 11.8 Å². The number of likely N-dealkylation sites (tertiary alicyclic amines) is 2. The zero-order chi connectivity index (χ0) is 23.7. The van der Waals surface area contributed by atoms with E-state index in [4.69, 9.17) is 28.7 Å². The molecule has 0 radical (unpaired) electrons. The number of aliphatic hydroxyl groups excluding tert-OH is 2. The molecule has 2 rings (SSSR count). The van der Waals surface area contributed by atoms with Gasteiger partial charge < -0.3 is 39.0 Å². The lowest BCUT2D eigenvalue weighted by Gasteiger charge is -2.17. The molecular weight excluding hydrogens is 440 g/mol. The SMILES string of the molecule is O=C1CCCN1CCOCC(O)COCCOCOOCC(O)COCCN1CCCC1=O. The fourth-order valence-corrected chi connectivity index (χ4v) is 3.36. The van der Waals surface area contributed by atoms with Gasteiger partial charge in [0.15, 0.2) is 6.79 Å². The quantitative estimate of drug-likeness (QED) is 0.0963. The standard InChI is InChI=1S/C21H38N2O10/c24-18(13-28-9-7-22-5-1-3-20(22)26)14-30-11-12-31-17-33-32-16-19(25)15-29-10-8-23-6-2-4-21(23)27/h18-19,24-25H,1-17H2. The number of carbonyl (C=O) groups excluding carboxylic acids is 2. The minimum Gasteiger partial charge on any atom is -0.388 e. The van der Waals surface area contributed by atoms with E-state index >= 15 is 0 Å². The molecule has 0 aromatic heterocycles. The van der Waals surface area contributed by atoms with Crippen molar-refractivity contribution < 1.29 is 48.5 Å². The Hall–Kier alpha value is -1.38. The molecule has 2 N–H and O–H groups in total. The first-order valence-electron chi connectivity index (χ1n) is 11.5. The molecule has 2 aliphatic rings. The van der Waals surface area contributed by atoms with E-state index < -0.39 is 12.2 Å². The monoisotopic (exact) mass is 478 g/mol. The normalized spacial score (nSPS) is 18.5. The van der Waals surface area contributed by atoms with E-state index in [2.05, 4.69) is 0 Å². The molecule has 0 aliphatic carbocycles. The predicted molar refractivity (Wildman–Crippen MR) is 114 cm³/mol. The maximum absolute atomic E-state index is 11.5. The van der Waals surface area contributed by atoms with Gasteiger partial charge in [0.25, 0.3) is 0 Å². The van der Waals surface area contributed by atoms with Crippen molar-refractivity contribution in [3.63, 3.8) is 0 Å². The van der Waals surface area contributed by atoms with E-state index in [1.165, 1.54) is 0 Å². The van der Waals surface area contributed by atoms with E-state index in [1.807, 2.05) is 0 Å². The molecule has 2 amide bonds. The number of rotatable bonds is 20. The molecule has 2 aliphatic heterocycles. The second-order valence-electron chi connectivity index (χ2n) is 7.93. The lowest BCUT2D eigenvalue weighted by Crippen LogP contribution is -2.30. The summed E-state index contributed by atoms with van der Waals surface area (Å²) in [6, 6.07) is 0. The Morgan fingerprint density at radius 1 is 0.667 bits per heavy atom. The van der Waals surface area contributed by atoms with Gasteiger partial charge in [-0.2, -0.15) is 0 Å². The molecular formula is C21H38N2O10. The van der Waals surface area contributed by atoms with Gasteiger partial charge in [-0.1, -0.05) is 0 Å². The van der Waals surface area contributed by atoms with E-state index in [0.717, 1.165) is 25.9 Å². The van der Waals surface area contributed by atoms with Gasteiger partial charge >= 0.3 is 0 Å². The van der Waals surface area contributed by atoms with Crippen LogP contribution in [-0.4, -0.2) is 130 Å². The van der Waals surface area contributed by atoms with E-state index in [1.54, 1.807) is 9.80 Å². The topological polar surface area (TPSA) is 136 Å². The van der Waals surface area contributed by atoms with Gasteiger partial charge in [0.2, 0.25) is 11.8 Å². The van der Waals surface area contributed by atoms with E-state index in [9.17, 15) is 19.8 Å². The number of hydrogen-bond acceptors (Lipinski definition) is 10. The molecule has 2 saturated heterocycles. The maximum Gasteiger partial charge on any atom is 0.222 e. The minimum atomic E-state index is -0.845. The van der Waals surface area contributed by atoms with Crippen molar-refractivity contribution in [2.75, 3.05) is 85.8 Å². The van der Waals surface area contributed by atoms with Crippen LogP contribution in [0.5, 0.6) is 0 Å². The molecule has 0 bridgehead atoms.